The number of benzene rings is 2. The molecule has 0 spiro atoms. The number of rotatable bonds is 8. The Morgan fingerprint density at radius 3 is 2.70 bits per heavy atom. The summed E-state index contributed by atoms with van der Waals surface area (Å²) in [6.45, 7) is 2.81. The van der Waals surface area contributed by atoms with Crippen molar-refractivity contribution in [3.8, 4) is 11.5 Å². The third-order valence-electron chi connectivity index (χ3n) is 5.47. The molecule has 0 saturated heterocycles. The standard InChI is InChI=1S/C25H24ClN3O4/c1-3-33-21-10-8-16(12-22(21)32-2)20(13-24(30)28-23-11-9-18(26)14-27-23)29-15-17-6-4-5-7-19(17)25(29)31/h4-12,14,20H,3,13,15H2,1-2H3,(H,27,28,30)/t20-/m0/s1. The average molecular weight is 466 g/mol. The molecule has 0 unspecified atom stereocenters. The number of carbonyl (C=O) groups is 2. The number of pyridine rings is 1. The van der Waals surface area contributed by atoms with Crippen LogP contribution in [0, 0.1) is 0 Å². The number of hydrogen-bond acceptors (Lipinski definition) is 5. The number of ether oxygens (including phenoxy) is 2. The lowest BCUT2D eigenvalue weighted by Gasteiger charge is -2.28. The molecule has 2 amide bonds. The van der Waals surface area contributed by atoms with E-state index in [-0.39, 0.29) is 18.2 Å². The number of nitrogens with one attached hydrogen (secondary N) is 1. The lowest BCUT2D eigenvalue weighted by Crippen LogP contribution is -2.32. The Morgan fingerprint density at radius 1 is 1.18 bits per heavy atom. The molecule has 1 aliphatic heterocycles. The minimum atomic E-state index is -0.512. The average Bonchev–Trinajstić information content (AvgIpc) is 3.16. The summed E-state index contributed by atoms with van der Waals surface area (Å²) >= 11 is 5.88. The number of anilines is 1. The van der Waals surface area contributed by atoms with Gasteiger partial charge in [0.2, 0.25) is 5.91 Å². The second kappa shape index (κ2) is 9.92. The van der Waals surface area contributed by atoms with E-state index in [4.69, 9.17) is 21.1 Å². The fourth-order valence-electron chi connectivity index (χ4n) is 3.92. The summed E-state index contributed by atoms with van der Waals surface area (Å²) in [6, 6.07) is 15.7. The summed E-state index contributed by atoms with van der Waals surface area (Å²) in [5, 5.41) is 3.27. The minimum absolute atomic E-state index is 0.0428. The molecule has 7 nitrogen and oxygen atoms in total. The van der Waals surface area contributed by atoms with Crippen molar-refractivity contribution < 1.29 is 19.1 Å². The van der Waals surface area contributed by atoms with E-state index in [0.717, 1.165) is 11.1 Å². The monoisotopic (exact) mass is 465 g/mol. The maximum Gasteiger partial charge on any atom is 0.255 e. The highest BCUT2D eigenvalue weighted by Crippen LogP contribution is 2.37. The number of amides is 2. The van der Waals surface area contributed by atoms with E-state index >= 15 is 0 Å². The molecule has 3 aromatic rings. The molecular weight excluding hydrogens is 442 g/mol. The van der Waals surface area contributed by atoms with Gasteiger partial charge in [0.1, 0.15) is 5.82 Å². The van der Waals surface area contributed by atoms with Crippen molar-refractivity contribution in [1.29, 1.82) is 0 Å². The van der Waals surface area contributed by atoms with Gasteiger partial charge < -0.3 is 19.7 Å². The van der Waals surface area contributed by atoms with E-state index in [0.29, 0.717) is 41.1 Å². The molecule has 1 aromatic heterocycles. The van der Waals surface area contributed by atoms with Gasteiger partial charge >= 0.3 is 0 Å². The van der Waals surface area contributed by atoms with E-state index in [2.05, 4.69) is 10.3 Å². The van der Waals surface area contributed by atoms with Crippen molar-refractivity contribution in [2.45, 2.75) is 25.9 Å². The molecule has 2 heterocycles. The zero-order valence-electron chi connectivity index (χ0n) is 18.4. The zero-order valence-corrected chi connectivity index (χ0v) is 19.1. The molecule has 0 bridgehead atoms. The fourth-order valence-corrected chi connectivity index (χ4v) is 4.03. The van der Waals surface area contributed by atoms with Crippen LogP contribution < -0.4 is 14.8 Å². The highest BCUT2D eigenvalue weighted by atomic mass is 35.5. The summed E-state index contributed by atoms with van der Waals surface area (Å²) in [7, 11) is 1.56. The summed E-state index contributed by atoms with van der Waals surface area (Å²) in [5.74, 6) is 1.16. The number of aromatic nitrogens is 1. The second-order valence-electron chi connectivity index (χ2n) is 7.56. The van der Waals surface area contributed by atoms with Crippen LogP contribution in [0.25, 0.3) is 0 Å². The normalized spacial score (nSPS) is 13.4. The fraction of sp³-hybridized carbons (Fsp3) is 0.240. The first-order valence-electron chi connectivity index (χ1n) is 10.6. The molecule has 0 radical (unpaired) electrons. The van der Waals surface area contributed by atoms with Crippen molar-refractivity contribution in [2.75, 3.05) is 19.0 Å². The van der Waals surface area contributed by atoms with Crippen LogP contribution in [0.15, 0.2) is 60.8 Å². The molecule has 33 heavy (non-hydrogen) atoms. The van der Waals surface area contributed by atoms with E-state index in [1.54, 1.807) is 30.2 Å². The van der Waals surface area contributed by atoms with Gasteiger partial charge in [-0.25, -0.2) is 4.98 Å². The molecule has 1 N–H and O–H groups in total. The molecule has 1 atom stereocenters. The number of halogens is 1. The van der Waals surface area contributed by atoms with Crippen molar-refractivity contribution >= 4 is 29.2 Å². The predicted molar refractivity (Wildman–Crippen MR) is 126 cm³/mol. The number of fused-ring (bicyclic) bond motifs is 1. The van der Waals surface area contributed by atoms with Crippen LogP contribution in [0.2, 0.25) is 5.02 Å². The Balaban J connectivity index is 1.65. The van der Waals surface area contributed by atoms with Crippen LogP contribution >= 0.6 is 11.6 Å². The van der Waals surface area contributed by atoms with Gasteiger partial charge in [0.15, 0.2) is 11.5 Å². The molecule has 0 fully saturated rings. The quantitative estimate of drug-likeness (QED) is 0.513. The van der Waals surface area contributed by atoms with Crippen LogP contribution in [-0.4, -0.2) is 35.4 Å². The molecule has 0 aliphatic carbocycles. The lowest BCUT2D eigenvalue weighted by atomic mass is 10.0. The van der Waals surface area contributed by atoms with Gasteiger partial charge in [0, 0.05) is 18.3 Å². The number of nitrogens with zero attached hydrogens (tertiary/aromatic N) is 2. The van der Waals surface area contributed by atoms with Gasteiger partial charge in [-0.15, -0.1) is 0 Å². The van der Waals surface area contributed by atoms with Crippen LogP contribution in [0.4, 0.5) is 5.82 Å². The third-order valence-corrected chi connectivity index (χ3v) is 5.70. The van der Waals surface area contributed by atoms with Crippen LogP contribution in [0.1, 0.15) is 40.9 Å². The molecular formula is C25H24ClN3O4. The number of methoxy groups -OCH3 is 1. The van der Waals surface area contributed by atoms with E-state index in [9.17, 15) is 9.59 Å². The molecule has 2 aromatic carbocycles. The van der Waals surface area contributed by atoms with Gasteiger partial charge in [-0.1, -0.05) is 35.9 Å². The van der Waals surface area contributed by atoms with Crippen LogP contribution in [0.5, 0.6) is 11.5 Å². The van der Waals surface area contributed by atoms with Gasteiger partial charge in [-0.3, -0.25) is 9.59 Å². The van der Waals surface area contributed by atoms with Crippen molar-refractivity contribution in [1.82, 2.24) is 9.88 Å². The molecule has 170 valence electrons. The Labute approximate surface area is 197 Å². The van der Waals surface area contributed by atoms with Crippen LogP contribution in [0.3, 0.4) is 0 Å². The van der Waals surface area contributed by atoms with Gasteiger partial charge in [-0.2, -0.15) is 0 Å². The highest BCUT2D eigenvalue weighted by Gasteiger charge is 2.35. The third kappa shape index (κ3) is 4.93. The number of carbonyl (C=O) groups excluding carboxylic acids is 2. The molecule has 0 saturated carbocycles. The van der Waals surface area contributed by atoms with Gasteiger partial charge in [0.25, 0.3) is 5.91 Å². The number of hydrogen-bond donors (Lipinski definition) is 1. The van der Waals surface area contributed by atoms with Gasteiger partial charge in [-0.05, 0) is 48.4 Å². The largest absolute Gasteiger partial charge is 0.493 e. The maximum atomic E-state index is 13.2. The Kier molecular flexibility index (Phi) is 6.79. The smallest absolute Gasteiger partial charge is 0.255 e. The first-order chi connectivity index (χ1) is 16.0. The summed E-state index contributed by atoms with van der Waals surface area (Å²) in [6.07, 6.45) is 1.51. The topological polar surface area (TPSA) is 80.8 Å². The molecule has 1 aliphatic rings. The van der Waals surface area contributed by atoms with E-state index in [1.807, 2.05) is 43.3 Å². The van der Waals surface area contributed by atoms with Crippen LogP contribution in [-0.2, 0) is 11.3 Å². The first kappa shape index (κ1) is 22.6. The zero-order chi connectivity index (χ0) is 23.4. The summed E-state index contributed by atoms with van der Waals surface area (Å²) in [4.78, 5) is 32.0. The maximum absolute atomic E-state index is 13.2. The highest BCUT2D eigenvalue weighted by molar-refractivity contribution is 6.30. The van der Waals surface area contributed by atoms with Gasteiger partial charge in [0.05, 0.1) is 31.2 Å². The predicted octanol–water partition coefficient (Wildman–Crippen LogP) is 4.87. The SMILES string of the molecule is CCOc1ccc([C@H](CC(=O)Nc2ccc(Cl)cn2)N2Cc3ccccc3C2=O)cc1OC. The summed E-state index contributed by atoms with van der Waals surface area (Å²) in [5.41, 5.74) is 2.36. The molecule has 8 heteroatoms. The Bertz CT molecular complexity index is 1170. The second-order valence-corrected chi connectivity index (χ2v) is 8.00. The Hall–Kier alpha value is -3.58. The molecule has 4 rings (SSSR count). The first-order valence-corrected chi connectivity index (χ1v) is 11.0. The summed E-state index contributed by atoms with van der Waals surface area (Å²) < 4.78 is 11.1. The van der Waals surface area contributed by atoms with Crippen molar-refractivity contribution in [3.05, 3.63) is 82.5 Å². The van der Waals surface area contributed by atoms with E-state index < -0.39 is 6.04 Å². The van der Waals surface area contributed by atoms with Crippen molar-refractivity contribution in [3.63, 3.8) is 0 Å². The Morgan fingerprint density at radius 2 is 2.00 bits per heavy atom. The lowest BCUT2D eigenvalue weighted by molar-refractivity contribution is -0.117. The minimum Gasteiger partial charge on any atom is -0.493 e. The van der Waals surface area contributed by atoms with Crippen molar-refractivity contribution in [2.24, 2.45) is 0 Å². The van der Waals surface area contributed by atoms with E-state index in [1.165, 1.54) is 6.20 Å².